The third-order valence-electron chi connectivity index (χ3n) is 9.10. The smallest absolute Gasteiger partial charge is 0.159 e. The molecular weight excluding hydrogens is 604 g/mol. The molecule has 0 spiro atoms. The Morgan fingerprint density at radius 3 is 1.08 bits per heavy atom. The van der Waals surface area contributed by atoms with E-state index in [0.717, 1.165) is 86.0 Å². The molecule has 6 nitrogen and oxygen atoms in total. The Morgan fingerprint density at radius 2 is 0.714 bits per heavy atom. The first-order valence-corrected chi connectivity index (χ1v) is 19.3. The highest BCUT2D eigenvalue weighted by molar-refractivity contribution is 5.56. The Labute approximate surface area is 296 Å². The van der Waals surface area contributed by atoms with E-state index in [1.54, 1.807) is 0 Å². The summed E-state index contributed by atoms with van der Waals surface area (Å²) < 4.78 is 12.0. The lowest BCUT2D eigenvalue weighted by Gasteiger charge is -2.08. The molecule has 264 valence electrons. The van der Waals surface area contributed by atoms with Crippen LogP contribution in [0.15, 0.2) is 73.3 Å². The molecule has 2 aromatic heterocycles. The monoisotopic (exact) mass is 664 g/mol. The quantitative estimate of drug-likeness (QED) is 0.0622. The van der Waals surface area contributed by atoms with Crippen molar-refractivity contribution in [1.29, 1.82) is 0 Å². The molecule has 0 atom stereocenters. The Bertz CT molecular complexity index is 1280. The lowest BCUT2D eigenvalue weighted by Crippen LogP contribution is -1.99. The Hall–Kier alpha value is -3.80. The predicted molar refractivity (Wildman–Crippen MR) is 203 cm³/mol. The fourth-order valence-corrected chi connectivity index (χ4v) is 6.00. The first-order chi connectivity index (χ1) is 24.2. The highest BCUT2D eigenvalue weighted by Gasteiger charge is 2.05. The van der Waals surface area contributed by atoms with Crippen molar-refractivity contribution in [2.24, 2.45) is 0 Å². The van der Waals surface area contributed by atoms with Gasteiger partial charge in [-0.05, 0) is 98.2 Å². The third-order valence-corrected chi connectivity index (χ3v) is 9.10. The minimum Gasteiger partial charge on any atom is -0.494 e. The summed E-state index contributed by atoms with van der Waals surface area (Å²) in [6.07, 6.45) is 31.3. The maximum absolute atomic E-state index is 5.98. The zero-order valence-corrected chi connectivity index (χ0v) is 30.4. The molecule has 0 fully saturated rings. The molecule has 0 saturated carbocycles. The van der Waals surface area contributed by atoms with Gasteiger partial charge in [-0.15, -0.1) is 0 Å². The van der Waals surface area contributed by atoms with Crippen LogP contribution in [0.5, 0.6) is 11.5 Å². The van der Waals surface area contributed by atoms with E-state index in [0.29, 0.717) is 0 Å². The van der Waals surface area contributed by atoms with Gasteiger partial charge < -0.3 is 9.47 Å². The van der Waals surface area contributed by atoms with E-state index in [1.165, 1.54) is 94.6 Å². The Balaban J connectivity index is 1.01. The Morgan fingerprint density at radius 1 is 0.388 bits per heavy atom. The number of ether oxygens (including phenoxy) is 2. The standard InChI is InChI=1S/C43H60N4O2/c1-3-5-7-9-12-16-20-36-32-44-42(45-33-36)38-22-26-40(27-23-38)48-30-18-14-11-15-19-31-49-41-28-24-39(25-29-41)43-46-34-37(35-47-43)21-17-13-10-8-6-4-2/h22-29,32-35H,3-21,30-31H2,1-2H3. The van der Waals surface area contributed by atoms with Crippen LogP contribution in [0, 0.1) is 0 Å². The number of aromatic nitrogens is 4. The topological polar surface area (TPSA) is 70.0 Å². The van der Waals surface area contributed by atoms with Crippen LogP contribution in [0.3, 0.4) is 0 Å². The van der Waals surface area contributed by atoms with Crippen LogP contribution < -0.4 is 9.47 Å². The maximum atomic E-state index is 5.98. The highest BCUT2D eigenvalue weighted by Crippen LogP contribution is 2.22. The van der Waals surface area contributed by atoms with E-state index in [4.69, 9.17) is 9.47 Å². The average molecular weight is 665 g/mol. The van der Waals surface area contributed by atoms with Gasteiger partial charge in [0.2, 0.25) is 0 Å². The zero-order chi connectivity index (χ0) is 34.2. The summed E-state index contributed by atoms with van der Waals surface area (Å²) in [4.78, 5) is 18.4. The van der Waals surface area contributed by atoms with E-state index in [-0.39, 0.29) is 0 Å². The van der Waals surface area contributed by atoms with Crippen LogP contribution in [0.1, 0.15) is 134 Å². The van der Waals surface area contributed by atoms with Crippen molar-refractivity contribution in [2.75, 3.05) is 13.2 Å². The molecule has 2 aromatic carbocycles. The number of benzene rings is 2. The number of hydrogen-bond acceptors (Lipinski definition) is 6. The van der Waals surface area contributed by atoms with Gasteiger partial charge in [0.25, 0.3) is 0 Å². The third kappa shape index (κ3) is 15.1. The zero-order valence-electron chi connectivity index (χ0n) is 30.4. The number of rotatable bonds is 26. The van der Waals surface area contributed by atoms with Crippen LogP contribution >= 0.6 is 0 Å². The van der Waals surface area contributed by atoms with Crippen LogP contribution in [-0.2, 0) is 12.8 Å². The van der Waals surface area contributed by atoms with E-state index < -0.39 is 0 Å². The highest BCUT2D eigenvalue weighted by atomic mass is 16.5. The fourth-order valence-electron chi connectivity index (χ4n) is 6.00. The van der Waals surface area contributed by atoms with Gasteiger partial charge >= 0.3 is 0 Å². The van der Waals surface area contributed by atoms with Crippen molar-refractivity contribution >= 4 is 0 Å². The van der Waals surface area contributed by atoms with Gasteiger partial charge in [-0.1, -0.05) is 97.3 Å². The van der Waals surface area contributed by atoms with Gasteiger partial charge in [0.05, 0.1) is 13.2 Å². The number of hydrogen-bond donors (Lipinski definition) is 0. The summed E-state index contributed by atoms with van der Waals surface area (Å²) in [5, 5.41) is 0. The van der Waals surface area contributed by atoms with Crippen molar-refractivity contribution in [2.45, 2.75) is 136 Å². The molecule has 4 rings (SSSR count). The molecule has 0 amide bonds. The minimum absolute atomic E-state index is 0.734. The lowest BCUT2D eigenvalue weighted by atomic mass is 10.1. The van der Waals surface area contributed by atoms with Crippen molar-refractivity contribution in [3.63, 3.8) is 0 Å². The van der Waals surface area contributed by atoms with Crippen molar-refractivity contribution in [1.82, 2.24) is 19.9 Å². The summed E-state index contributed by atoms with van der Waals surface area (Å²) in [7, 11) is 0. The van der Waals surface area contributed by atoms with Crippen molar-refractivity contribution in [3.05, 3.63) is 84.4 Å². The predicted octanol–water partition coefficient (Wildman–Crippen LogP) is 11.8. The van der Waals surface area contributed by atoms with Gasteiger partial charge in [0.1, 0.15) is 11.5 Å². The second kappa shape index (κ2) is 23.5. The van der Waals surface area contributed by atoms with Crippen molar-refractivity contribution in [3.8, 4) is 34.3 Å². The molecule has 6 heteroatoms. The number of aryl methyl sites for hydroxylation is 2. The fraction of sp³-hybridized carbons (Fsp3) is 0.535. The van der Waals surface area contributed by atoms with Gasteiger partial charge in [-0.3, -0.25) is 0 Å². The van der Waals surface area contributed by atoms with Gasteiger partial charge in [0, 0.05) is 35.9 Å². The van der Waals surface area contributed by atoms with Gasteiger partial charge in [0.15, 0.2) is 11.6 Å². The lowest BCUT2D eigenvalue weighted by molar-refractivity contribution is 0.293. The van der Waals surface area contributed by atoms with Gasteiger partial charge in [-0.25, -0.2) is 19.9 Å². The maximum Gasteiger partial charge on any atom is 0.159 e. The molecule has 0 aliphatic heterocycles. The number of unbranched alkanes of at least 4 members (excludes halogenated alkanes) is 14. The van der Waals surface area contributed by atoms with E-state index in [1.807, 2.05) is 73.3 Å². The Kier molecular flexibility index (Phi) is 18.3. The van der Waals surface area contributed by atoms with Gasteiger partial charge in [-0.2, -0.15) is 0 Å². The molecule has 0 aliphatic rings. The summed E-state index contributed by atoms with van der Waals surface area (Å²) >= 11 is 0. The molecule has 0 N–H and O–H groups in total. The first-order valence-electron chi connectivity index (χ1n) is 19.3. The molecule has 0 unspecified atom stereocenters. The van der Waals surface area contributed by atoms with E-state index in [9.17, 15) is 0 Å². The summed E-state index contributed by atoms with van der Waals surface area (Å²) in [6.45, 7) is 5.99. The minimum atomic E-state index is 0.734. The molecule has 0 bridgehead atoms. The van der Waals surface area contributed by atoms with Crippen LogP contribution in [0.4, 0.5) is 0 Å². The van der Waals surface area contributed by atoms with E-state index >= 15 is 0 Å². The van der Waals surface area contributed by atoms with Crippen LogP contribution in [0.25, 0.3) is 22.8 Å². The van der Waals surface area contributed by atoms with Crippen LogP contribution in [0.2, 0.25) is 0 Å². The molecule has 2 heterocycles. The molecule has 0 radical (unpaired) electrons. The largest absolute Gasteiger partial charge is 0.494 e. The molecule has 0 aliphatic carbocycles. The molecular formula is C43H60N4O2. The molecule has 0 saturated heterocycles. The average Bonchev–Trinajstić information content (AvgIpc) is 3.15. The second-order valence-corrected chi connectivity index (χ2v) is 13.4. The normalized spacial score (nSPS) is 11.1. The van der Waals surface area contributed by atoms with Crippen LogP contribution in [-0.4, -0.2) is 33.1 Å². The SMILES string of the molecule is CCCCCCCCc1cnc(-c2ccc(OCCCCCCCOc3ccc(-c4ncc(CCCCCCCC)cn4)cc3)cc2)nc1. The van der Waals surface area contributed by atoms with E-state index in [2.05, 4.69) is 33.8 Å². The molecule has 4 aromatic rings. The molecule has 49 heavy (non-hydrogen) atoms. The summed E-state index contributed by atoms with van der Waals surface area (Å²) in [5.41, 5.74) is 4.50. The first kappa shape index (κ1) is 38.0. The second-order valence-electron chi connectivity index (χ2n) is 13.4. The summed E-state index contributed by atoms with van der Waals surface area (Å²) in [5.74, 6) is 3.34. The summed E-state index contributed by atoms with van der Waals surface area (Å²) in [6, 6.07) is 16.3. The number of nitrogens with zero attached hydrogens (tertiary/aromatic N) is 4. The van der Waals surface area contributed by atoms with Crippen molar-refractivity contribution < 1.29 is 9.47 Å².